The number of nitrogens with one attached hydrogen (secondary N) is 1. The van der Waals surface area contributed by atoms with E-state index in [1.807, 2.05) is 0 Å². The van der Waals surface area contributed by atoms with E-state index in [1.165, 1.54) is 34.6 Å². The minimum Gasteiger partial charge on any atom is -0.322 e. The van der Waals surface area contributed by atoms with E-state index < -0.39 is 21.7 Å². The SMILES string of the molecule is CCN(CC)S(=O)(=O)c1ccc(Cl)c(C(=O)Nc2ccc(F)c(Cl)c2)c1. The van der Waals surface area contributed by atoms with Crippen LogP contribution in [0.4, 0.5) is 10.1 Å². The Kier molecular flexibility index (Phi) is 6.63. The Labute approximate surface area is 161 Å². The van der Waals surface area contributed by atoms with Crippen LogP contribution in [0.2, 0.25) is 10.0 Å². The number of sulfonamides is 1. The van der Waals surface area contributed by atoms with Crippen molar-refractivity contribution >= 4 is 44.8 Å². The minimum atomic E-state index is -3.74. The molecule has 2 rings (SSSR count). The van der Waals surface area contributed by atoms with Gasteiger partial charge in [0.2, 0.25) is 10.0 Å². The molecule has 0 spiro atoms. The van der Waals surface area contributed by atoms with Crippen LogP contribution in [0.25, 0.3) is 0 Å². The molecule has 26 heavy (non-hydrogen) atoms. The van der Waals surface area contributed by atoms with Gasteiger partial charge < -0.3 is 5.32 Å². The zero-order chi connectivity index (χ0) is 19.5. The molecule has 0 heterocycles. The molecular formula is C17H17Cl2FN2O3S. The number of anilines is 1. The highest BCUT2D eigenvalue weighted by atomic mass is 35.5. The largest absolute Gasteiger partial charge is 0.322 e. The van der Waals surface area contributed by atoms with Gasteiger partial charge in [-0.2, -0.15) is 4.31 Å². The molecule has 0 unspecified atom stereocenters. The first-order valence-electron chi connectivity index (χ1n) is 7.76. The van der Waals surface area contributed by atoms with Crippen LogP contribution < -0.4 is 5.32 Å². The maximum Gasteiger partial charge on any atom is 0.257 e. The first-order valence-corrected chi connectivity index (χ1v) is 9.96. The highest BCUT2D eigenvalue weighted by molar-refractivity contribution is 7.89. The van der Waals surface area contributed by atoms with Gasteiger partial charge in [-0.25, -0.2) is 12.8 Å². The van der Waals surface area contributed by atoms with Crippen LogP contribution in [0.1, 0.15) is 24.2 Å². The Morgan fingerprint density at radius 1 is 1.08 bits per heavy atom. The van der Waals surface area contributed by atoms with Gasteiger partial charge in [0.1, 0.15) is 5.82 Å². The molecule has 0 aliphatic heterocycles. The molecule has 0 aliphatic rings. The van der Waals surface area contributed by atoms with E-state index in [9.17, 15) is 17.6 Å². The fourth-order valence-corrected chi connectivity index (χ4v) is 4.19. The average Bonchev–Trinajstić information content (AvgIpc) is 2.59. The predicted molar refractivity (Wildman–Crippen MR) is 101 cm³/mol. The van der Waals surface area contributed by atoms with Crippen molar-refractivity contribution in [2.24, 2.45) is 0 Å². The Balaban J connectivity index is 2.37. The number of hydrogen-bond acceptors (Lipinski definition) is 3. The summed E-state index contributed by atoms with van der Waals surface area (Å²) >= 11 is 11.7. The van der Waals surface area contributed by atoms with E-state index in [0.717, 1.165) is 6.07 Å². The van der Waals surface area contributed by atoms with E-state index in [1.54, 1.807) is 13.8 Å². The van der Waals surface area contributed by atoms with Crippen molar-refractivity contribution in [1.29, 1.82) is 0 Å². The van der Waals surface area contributed by atoms with Crippen molar-refractivity contribution in [2.75, 3.05) is 18.4 Å². The summed E-state index contributed by atoms with van der Waals surface area (Å²) in [6, 6.07) is 7.62. The fourth-order valence-electron chi connectivity index (χ4n) is 2.32. The predicted octanol–water partition coefficient (Wildman–Crippen LogP) is 4.42. The van der Waals surface area contributed by atoms with Gasteiger partial charge in [0, 0.05) is 18.8 Å². The average molecular weight is 419 g/mol. The molecule has 0 bridgehead atoms. The van der Waals surface area contributed by atoms with Crippen LogP contribution in [0.15, 0.2) is 41.3 Å². The molecule has 0 aliphatic carbocycles. The van der Waals surface area contributed by atoms with Gasteiger partial charge in [0.05, 0.1) is 20.5 Å². The normalized spacial score (nSPS) is 11.6. The summed E-state index contributed by atoms with van der Waals surface area (Å²) in [4.78, 5) is 12.4. The van der Waals surface area contributed by atoms with Gasteiger partial charge in [0.15, 0.2) is 0 Å². The molecule has 0 atom stereocenters. The lowest BCUT2D eigenvalue weighted by Crippen LogP contribution is -2.30. The van der Waals surface area contributed by atoms with E-state index in [-0.39, 0.29) is 26.2 Å². The van der Waals surface area contributed by atoms with Crippen molar-refractivity contribution < 1.29 is 17.6 Å². The Morgan fingerprint density at radius 2 is 1.73 bits per heavy atom. The van der Waals surface area contributed by atoms with E-state index in [0.29, 0.717) is 13.1 Å². The van der Waals surface area contributed by atoms with E-state index >= 15 is 0 Å². The van der Waals surface area contributed by atoms with Crippen molar-refractivity contribution in [3.8, 4) is 0 Å². The first kappa shape index (κ1) is 20.6. The second-order valence-corrected chi connectivity index (χ2v) is 8.07. The standard InChI is InChI=1S/C17H17Cl2FN2O3S/c1-3-22(4-2)26(24,25)12-6-7-14(18)13(10-12)17(23)21-11-5-8-16(20)15(19)9-11/h5-10H,3-4H2,1-2H3,(H,21,23). The lowest BCUT2D eigenvalue weighted by molar-refractivity contribution is 0.102. The summed E-state index contributed by atoms with van der Waals surface area (Å²) < 4.78 is 39.7. The van der Waals surface area contributed by atoms with Gasteiger partial charge in [0.25, 0.3) is 5.91 Å². The third-order valence-corrected chi connectivity index (χ3v) is 6.37. The molecular weight excluding hydrogens is 402 g/mol. The number of rotatable bonds is 6. The van der Waals surface area contributed by atoms with Crippen molar-refractivity contribution in [3.05, 3.63) is 57.8 Å². The Morgan fingerprint density at radius 3 is 2.31 bits per heavy atom. The molecule has 0 radical (unpaired) electrons. The van der Waals surface area contributed by atoms with Crippen molar-refractivity contribution in [1.82, 2.24) is 4.31 Å². The smallest absolute Gasteiger partial charge is 0.257 e. The van der Waals surface area contributed by atoms with Gasteiger partial charge in [-0.05, 0) is 36.4 Å². The molecule has 5 nitrogen and oxygen atoms in total. The Bertz CT molecular complexity index is 932. The quantitative estimate of drug-likeness (QED) is 0.754. The highest BCUT2D eigenvalue weighted by Gasteiger charge is 2.24. The number of carbonyl (C=O) groups excluding carboxylic acids is 1. The molecule has 1 amide bonds. The van der Waals surface area contributed by atoms with Gasteiger partial charge >= 0.3 is 0 Å². The van der Waals surface area contributed by atoms with Crippen LogP contribution in [-0.4, -0.2) is 31.7 Å². The highest BCUT2D eigenvalue weighted by Crippen LogP contribution is 2.25. The summed E-state index contributed by atoms with van der Waals surface area (Å²) in [5.74, 6) is -1.25. The maximum atomic E-state index is 13.2. The molecule has 0 saturated heterocycles. The van der Waals surface area contributed by atoms with Crippen LogP contribution in [0.5, 0.6) is 0 Å². The van der Waals surface area contributed by atoms with Gasteiger partial charge in [-0.15, -0.1) is 0 Å². The Hall–Kier alpha value is -1.67. The number of amides is 1. The molecule has 1 N–H and O–H groups in total. The molecule has 9 heteroatoms. The third-order valence-electron chi connectivity index (χ3n) is 3.70. The minimum absolute atomic E-state index is 0.0136. The summed E-state index contributed by atoms with van der Waals surface area (Å²) in [6.07, 6.45) is 0. The number of benzene rings is 2. The summed E-state index contributed by atoms with van der Waals surface area (Å²) in [5.41, 5.74) is 0.245. The van der Waals surface area contributed by atoms with Gasteiger partial charge in [-0.1, -0.05) is 37.0 Å². The molecule has 140 valence electrons. The van der Waals surface area contributed by atoms with Crippen molar-refractivity contribution in [3.63, 3.8) is 0 Å². The third kappa shape index (κ3) is 4.35. The monoisotopic (exact) mass is 418 g/mol. The number of nitrogens with zero attached hydrogens (tertiary/aromatic N) is 1. The maximum absolute atomic E-state index is 13.2. The number of hydrogen-bond donors (Lipinski definition) is 1. The van der Waals surface area contributed by atoms with Crippen molar-refractivity contribution in [2.45, 2.75) is 18.7 Å². The van der Waals surface area contributed by atoms with Crippen LogP contribution in [0, 0.1) is 5.82 Å². The molecule has 0 saturated carbocycles. The second-order valence-electron chi connectivity index (χ2n) is 5.31. The summed E-state index contributed by atoms with van der Waals surface area (Å²) in [7, 11) is -3.74. The lowest BCUT2D eigenvalue weighted by Gasteiger charge is -2.19. The summed E-state index contributed by atoms with van der Waals surface area (Å²) in [6.45, 7) is 4.06. The van der Waals surface area contributed by atoms with E-state index in [2.05, 4.69) is 5.32 Å². The summed E-state index contributed by atoms with van der Waals surface area (Å²) in [5, 5.41) is 2.47. The molecule has 2 aromatic carbocycles. The lowest BCUT2D eigenvalue weighted by atomic mass is 10.2. The molecule has 0 fully saturated rings. The zero-order valence-electron chi connectivity index (χ0n) is 14.1. The molecule has 0 aromatic heterocycles. The first-order chi connectivity index (χ1) is 12.2. The fraction of sp³-hybridized carbons (Fsp3) is 0.235. The van der Waals surface area contributed by atoms with E-state index in [4.69, 9.17) is 23.2 Å². The number of carbonyl (C=O) groups is 1. The number of halogens is 3. The van der Waals surface area contributed by atoms with Crippen LogP contribution in [0.3, 0.4) is 0 Å². The topological polar surface area (TPSA) is 66.5 Å². The van der Waals surface area contributed by atoms with Gasteiger partial charge in [-0.3, -0.25) is 4.79 Å². The van der Waals surface area contributed by atoms with Crippen LogP contribution >= 0.6 is 23.2 Å². The molecule has 2 aromatic rings. The van der Waals surface area contributed by atoms with Crippen LogP contribution in [-0.2, 0) is 10.0 Å². The second kappa shape index (κ2) is 8.35. The zero-order valence-corrected chi connectivity index (χ0v) is 16.4.